The van der Waals surface area contributed by atoms with Crippen LogP contribution in [-0.4, -0.2) is 67.0 Å². The number of carbonyl (C=O) groups excluding carboxylic acids is 1. The fourth-order valence-corrected chi connectivity index (χ4v) is 4.37. The van der Waals surface area contributed by atoms with Crippen LogP contribution in [0.25, 0.3) is 0 Å². The number of hydrogen-bond acceptors (Lipinski definition) is 3. The van der Waals surface area contributed by atoms with Crippen molar-refractivity contribution >= 4 is 35.8 Å². The summed E-state index contributed by atoms with van der Waals surface area (Å²) >= 11 is 0. The van der Waals surface area contributed by atoms with E-state index in [2.05, 4.69) is 57.8 Å². The highest BCUT2D eigenvalue weighted by Gasteiger charge is 2.23. The van der Waals surface area contributed by atoms with Crippen LogP contribution in [0.4, 0.5) is 0 Å². The van der Waals surface area contributed by atoms with E-state index in [-0.39, 0.29) is 29.9 Å². The molecule has 0 bridgehead atoms. The molecule has 2 aliphatic rings. The van der Waals surface area contributed by atoms with Crippen molar-refractivity contribution in [3.63, 3.8) is 0 Å². The molecule has 2 N–H and O–H groups in total. The Labute approximate surface area is 198 Å². The van der Waals surface area contributed by atoms with Gasteiger partial charge in [0.15, 0.2) is 5.96 Å². The Bertz CT molecular complexity index is 661. The van der Waals surface area contributed by atoms with Crippen molar-refractivity contribution < 1.29 is 4.79 Å². The van der Waals surface area contributed by atoms with Crippen LogP contribution in [0.15, 0.2) is 35.3 Å². The Morgan fingerprint density at radius 1 is 1.10 bits per heavy atom. The molecule has 168 valence electrons. The average Bonchev–Trinajstić information content (AvgIpc) is 2.75. The van der Waals surface area contributed by atoms with E-state index in [0.717, 1.165) is 57.8 Å². The van der Waals surface area contributed by atoms with E-state index < -0.39 is 0 Å². The quantitative estimate of drug-likeness (QED) is 0.339. The van der Waals surface area contributed by atoms with E-state index >= 15 is 0 Å². The Balaban J connectivity index is 0.00000320. The Morgan fingerprint density at radius 3 is 2.50 bits per heavy atom. The number of nitrogens with one attached hydrogen (secondary N) is 2. The molecule has 1 unspecified atom stereocenters. The molecule has 0 saturated carbocycles. The lowest BCUT2D eigenvalue weighted by Crippen LogP contribution is -2.49. The van der Waals surface area contributed by atoms with Crippen LogP contribution in [0.3, 0.4) is 0 Å². The SMILES string of the molecule is CN=C(NCCC(=O)N1CCCCC1C)NC1CCN(Cc2ccccc2)CC1.I. The predicted octanol–water partition coefficient (Wildman–Crippen LogP) is 3.23. The lowest BCUT2D eigenvalue weighted by molar-refractivity contribution is -0.134. The maximum atomic E-state index is 12.5. The third-order valence-electron chi connectivity index (χ3n) is 6.16. The van der Waals surface area contributed by atoms with Crippen LogP contribution in [0.2, 0.25) is 0 Å². The number of benzene rings is 1. The maximum Gasteiger partial charge on any atom is 0.224 e. The molecular formula is C23H38IN5O. The van der Waals surface area contributed by atoms with Gasteiger partial charge in [-0.3, -0.25) is 14.7 Å². The highest BCUT2D eigenvalue weighted by atomic mass is 127. The first kappa shape index (κ1) is 24.9. The number of guanidine groups is 1. The zero-order chi connectivity index (χ0) is 20.5. The van der Waals surface area contributed by atoms with Crippen LogP contribution < -0.4 is 10.6 Å². The molecule has 0 aliphatic carbocycles. The van der Waals surface area contributed by atoms with Crippen molar-refractivity contribution in [2.75, 3.05) is 33.2 Å². The maximum absolute atomic E-state index is 12.5. The third-order valence-corrected chi connectivity index (χ3v) is 6.16. The topological polar surface area (TPSA) is 60.0 Å². The number of likely N-dealkylation sites (tertiary alicyclic amines) is 2. The van der Waals surface area contributed by atoms with Gasteiger partial charge in [-0.15, -0.1) is 24.0 Å². The molecule has 1 amide bonds. The molecule has 2 fully saturated rings. The normalized spacial score (nSPS) is 21.1. The van der Waals surface area contributed by atoms with Gasteiger partial charge >= 0.3 is 0 Å². The summed E-state index contributed by atoms with van der Waals surface area (Å²) in [7, 11) is 1.80. The summed E-state index contributed by atoms with van der Waals surface area (Å²) in [6, 6.07) is 11.5. The number of carbonyl (C=O) groups is 1. The second-order valence-corrected chi connectivity index (χ2v) is 8.36. The number of hydrogen-bond donors (Lipinski definition) is 2. The molecule has 2 saturated heterocycles. The number of piperidine rings is 2. The Morgan fingerprint density at radius 2 is 1.83 bits per heavy atom. The lowest BCUT2D eigenvalue weighted by atomic mass is 10.0. The number of rotatable bonds is 6. The van der Waals surface area contributed by atoms with Gasteiger partial charge in [0, 0.05) is 58.3 Å². The molecule has 7 heteroatoms. The number of nitrogens with zero attached hydrogens (tertiary/aromatic N) is 3. The van der Waals surface area contributed by atoms with Crippen LogP contribution in [0.5, 0.6) is 0 Å². The third kappa shape index (κ3) is 7.72. The number of halogens is 1. The second kappa shape index (κ2) is 13.1. The molecule has 1 aromatic carbocycles. The van der Waals surface area contributed by atoms with Gasteiger partial charge in [0.2, 0.25) is 5.91 Å². The first-order valence-corrected chi connectivity index (χ1v) is 11.2. The van der Waals surface area contributed by atoms with E-state index in [1.807, 2.05) is 4.90 Å². The fraction of sp³-hybridized carbons (Fsp3) is 0.652. The molecule has 6 nitrogen and oxygen atoms in total. The molecule has 2 heterocycles. The largest absolute Gasteiger partial charge is 0.356 e. The highest BCUT2D eigenvalue weighted by Crippen LogP contribution is 2.17. The fourth-order valence-electron chi connectivity index (χ4n) is 4.37. The summed E-state index contributed by atoms with van der Waals surface area (Å²) in [6.07, 6.45) is 6.25. The second-order valence-electron chi connectivity index (χ2n) is 8.36. The summed E-state index contributed by atoms with van der Waals surface area (Å²) in [5.74, 6) is 1.07. The minimum atomic E-state index is 0. The average molecular weight is 527 g/mol. The van der Waals surface area contributed by atoms with E-state index in [4.69, 9.17) is 0 Å². The lowest BCUT2D eigenvalue weighted by Gasteiger charge is -2.34. The van der Waals surface area contributed by atoms with Crippen molar-refractivity contribution in [2.24, 2.45) is 4.99 Å². The van der Waals surface area contributed by atoms with E-state index in [9.17, 15) is 4.79 Å². The molecule has 1 aromatic rings. The molecule has 0 spiro atoms. The minimum Gasteiger partial charge on any atom is -0.356 e. The van der Waals surface area contributed by atoms with Crippen LogP contribution in [0, 0.1) is 0 Å². The zero-order valence-corrected chi connectivity index (χ0v) is 20.8. The van der Waals surface area contributed by atoms with Crippen LogP contribution >= 0.6 is 24.0 Å². The van der Waals surface area contributed by atoms with Crippen molar-refractivity contribution in [2.45, 2.75) is 64.1 Å². The first-order chi connectivity index (χ1) is 14.2. The van der Waals surface area contributed by atoms with Gasteiger partial charge in [-0.25, -0.2) is 0 Å². The molecule has 3 rings (SSSR count). The monoisotopic (exact) mass is 527 g/mol. The van der Waals surface area contributed by atoms with Gasteiger partial charge in [-0.05, 0) is 44.6 Å². The van der Waals surface area contributed by atoms with Crippen molar-refractivity contribution in [3.8, 4) is 0 Å². The van der Waals surface area contributed by atoms with Gasteiger partial charge in [-0.2, -0.15) is 0 Å². The van der Waals surface area contributed by atoms with E-state index in [1.54, 1.807) is 7.05 Å². The summed E-state index contributed by atoms with van der Waals surface area (Å²) in [6.45, 7) is 6.92. The zero-order valence-electron chi connectivity index (χ0n) is 18.5. The van der Waals surface area contributed by atoms with Crippen LogP contribution in [-0.2, 0) is 11.3 Å². The van der Waals surface area contributed by atoms with E-state index in [0.29, 0.717) is 25.0 Å². The molecule has 2 aliphatic heterocycles. The molecule has 0 aromatic heterocycles. The summed E-state index contributed by atoms with van der Waals surface area (Å²) in [4.78, 5) is 21.4. The van der Waals surface area contributed by atoms with Crippen molar-refractivity contribution in [1.82, 2.24) is 20.4 Å². The molecule has 0 radical (unpaired) electrons. The highest BCUT2D eigenvalue weighted by molar-refractivity contribution is 14.0. The smallest absolute Gasteiger partial charge is 0.224 e. The van der Waals surface area contributed by atoms with Gasteiger partial charge < -0.3 is 15.5 Å². The van der Waals surface area contributed by atoms with Crippen LogP contribution in [0.1, 0.15) is 51.0 Å². The number of aliphatic imine (C=N–C) groups is 1. The van der Waals surface area contributed by atoms with Gasteiger partial charge in [0.1, 0.15) is 0 Å². The predicted molar refractivity (Wildman–Crippen MR) is 134 cm³/mol. The standard InChI is InChI=1S/C23H37N5O.HI/c1-19-8-6-7-15-28(19)22(29)11-14-25-23(24-2)26-21-12-16-27(17-13-21)18-20-9-4-3-5-10-20;/h3-5,9-10,19,21H,6-8,11-18H2,1-2H3,(H2,24,25,26);1H. The van der Waals surface area contributed by atoms with Gasteiger partial charge in [-0.1, -0.05) is 30.3 Å². The summed E-state index contributed by atoms with van der Waals surface area (Å²) in [5, 5.41) is 6.87. The van der Waals surface area contributed by atoms with Gasteiger partial charge in [0.25, 0.3) is 0 Å². The first-order valence-electron chi connectivity index (χ1n) is 11.2. The van der Waals surface area contributed by atoms with Crippen molar-refractivity contribution in [3.05, 3.63) is 35.9 Å². The van der Waals surface area contributed by atoms with Gasteiger partial charge in [0.05, 0.1) is 0 Å². The molecular weight excluding hydrogens is 489 g/mol. The number of amides is 1. The Hall–Kier alpha value is -1.35. The van der Waals surface area contributed by atoms with Crippen molar-refractivity contribution in [1.29, 1.82) is 0 Å². The Kier molecular flexibility index (Phi) is 10.9. The molecule has 1 atom stereocenters. The molecule has 30 heavy (non-hydrogen) atoms. The van der Waals surface area contributed by atoms with E-state index in [1.165, 1.54) is 12.0 Å². The minimum absolute atomic E-state index is 0. The summed E-state index contributed by atoms with van der Waals surface area (Å²) in [5.41, 5.74) is 1.38. The summed E-state index contributed by atoms with van der Waals surface area (Å²) < 4.78 is 0.